The van der Waals surface area contributed by atoms with Crippen molar-refractivity contribution in [2.24, 2.45) is 0 Å². The summed E-state index contributed by atoms with van der Waals surface area (Å²) in [6, 6.07) is 5.32. The van der Waals surface area contributed by atoms with E-state index in [9.17, 15) is 9.90 Å². The minimum absolute atomic E-state index is 0.121. The SMILES string of the molecule is Cc1ccoc1N(C=O)CC(C)(C)NOC(C)n1ccc2cc(O)cnc21. The van der Waals surface area contributed by atoms with Crippen molar-refractivity contribution in [3.05, 3.63) is 42.4 Å². The third-order valence-electron chi connectivity index (χ3n) is 4.23. The van der Waals surface area contributed by atoms with Crippen molar-refractivity contribution in [1.29, 1.82) is 0 Å². The molecule has 0 aromatic carbocycles. The summed E-state index contributed by atoms with van der Waals surface area (Å²) in [6.45, 7) is 7.98. The fourth-order valence-corrected chi connectivity index (χ4v) is 2.90. The van der Waals surface area contributed by atoms with Crippen LogP contribution >= 0.6 is 0 Å². The van der Waals surface area contributed by atoms with Gasteiger partial charge in [-0.05, 0) is 45.9 Å². The Balaban J connectivity index is 1.66. The first-order valence-electron chi connectivity index (χ1n) is 8.65. The molecule has 0 aliphatic heterocycles. The zero-order valence-electron chi connectivity index (χ0n) is 15.8. The lowest BCUT2D eigenvalue weighted by atomic mass is 10.1. The summed E-state index contributed by atoms with van der Waals surface area (Å²) in [5, 5.41) is 10.4. The lowest BCUT2D eigenvalue weighted by Gasteiger charge is -2.31. The van der Waals surface area contributed by atoms with Crippen LogP contribution in [0.4, 0.5) is 5.88 Å². The maximum absolute atomic E-state index is 11.5. The molecule has 144 valence electrons. The number of aromatic hydroxyl groups is 1. The predicted octanol–water partition coefficient (Wildman–Crippen LogP) is 3.12. The Hall–Kier alpha value is -2.84. The van der Waals surface area contributed by atoms with Gasteiger partial charge in [0.15, 0.2) is 6.23 Å². The number of nitrogens with zero attached hydrogens (tertiary/aromatic N) is 3. The molecule has 0 saturated heterocycles. The third kappa shape index (κ3) is 4.12. The Bertz CT molecular complexity index is 931. The van der Waals surface area contributed by atoms with E-state index in [0.717, 1.165) is 17.4 Å². The number of nitrogens with one attached hydrogen (secondary N) is 1. The number of aryl methyl sites for hydroxylation is 1. The zero-order valence-corrected chi connectivity index (χ0v) is 15.8. The number of fused-ring (bicyclic) bond motifs is 1. The van der Waals surface area contributed by atoms with Gasteiger partial charge >= 0.3 is 0 Å². The van der Waals surface area contributed by atoms with Crippen molar-refractivity contribution in [3.8, 4) is 5.75 Å². The maximum atomic E-state index is 11.5. The van der Waals surface area contributed by atoms with Crippen LogP contribution in [0, 0.1) is 6.92 Å². The number of furan rings is 1. The number of hydrogen-bond acceptors (Lipinski definition) is 6. The molecule has 2 N–H and O–H groups in total. The second kappa shape index (κ2) is 7.42. The number of hydrogen-bond donors (Lipinski definition) is 2. The van der Waals surface area contributed by atoms with Gasteiger partial charge in [0.25, 0.3) is 0 Å². The highest BCUT2D eigenvalue weighted by Gasteiger charge is 2.25. The smallest absolute Gasteiger partial charge is 0.216 e. The summed E-state index contributed by atoms with van der Waals surface area (Å²) in [4.78, 5) is 23.1. The molecule has 3 aromatic rings. The molecular weight excluding hydrogens is 348 g/mol. The van der Waals surface area contributed by atoms with Crippen LogP contribution in [0.5, 0.6) is 5.75 Å². The van der Waals surface area contributed by atoms with Gasteiger partial charge in [-0.15, -0.1) is 0 Å². The van der Waals surface area contributed by atoms with Crippen molar-refractivity contribution in [1.82, 2.24) is 15.0 Å². The minimum Gasteiger partial charge on any atom is -0.506 e. The molecule has 0 fully saturated rings. The van der Waals surface area contributed by atoms with E-state index in [1.54, 1.807) is 12.3 Å². The van der Waals surface area contributed by atoms with E-state index in [1.165, 1.54) is 11.1 Å². The van der Waals surface area contributed by atoms with Gasteiger partial charge < -0.3 is 14.1 Å². The Morgan fingerprint density at radius 1 is 1.48 bits per heavy atom. The predicted molar refractivity (Wildman–Crippen MR) is 101 cm³/mol. The molecule has 0 radical (unpaired) electrons. The number of anilines is 1. The Kier molecular flexibility index (Phi) is 5.20. The van der Waals surface area contributed by atoms with Crippen molar-refractivity contribution in [3.63, 3.8) is 0 Å². The van der Waals surface area contributed by atoms with Gasteiger partial charge in [0.05, 0.1) is 18.0 Å². The van der Waals surface area contributed by atoms with E-state index in [-0.39, 0.29) is 12.0 Å². The summed E-state index contributed by atoms with van der Waals surface area (Å²) < 4.78 is 7.25. The number of aromatic nitrogens is 2. The molecule has 3 aromatic heterocycles. The van der Waals surface area contributed by atoms with Gasteiger partial charge in [-0.3, -0.25) is 14.5 Å². The molecule has 0 aliphatic rings. The van der Waals surface area contributed by atoms with Crippen LogP contribution < -0.4 is 10.4 Å². The first-order valence-corrected chi connectivity index (χ1v) is 8.65. The van der Waals surface area contributed by atoms with Crippen molar-refractivity contribution < 1.29 is 19.2 Å². The van der Waals surface area contributed by atoms with Crippen LogP contribution in [0.15, 0.2) is 41.3 Å². The van der Waals surface area contributed by atoms with E-state index in [1.807, 2.05) is 50.6 Å². The quantitative estimate of drug-likeness (QED) is 0.466. The zero-order chi connectivity index (χ0) is 19.6. The van der Waals surface area contributed by atoms with Crippen LogP contribution in [-0.2, 0) is 9.63 Å². The molecule has 0 spiro atoms. The first-order chi connectivity index (χ1) is 12.8. The Morgan fingerprint density at radius 2 is 2.26 bits per heavy atom. The van der Waals surface area contributed by atoms with Gasteiger partial charge in [0.2, 0.25) is 12.3 Å². The number of carbonyl (C=O) groups is 1. The number of pyridine rings is 1. The lowest BCUT2D eigenvalue weighted by Crippen LogP contribution is -2.49. The number of amides is 1. The summed E-state index contributed by atoms with van der Waals surface area (Å²) >= 11 is 0. The summed E-state index contributed by atoms with van der Waals surface area (Å²) in [6.07, 6.45) is 5.20. The number of carbonyl (C=O) groups excluding carboxylic acids is 1. The molecule has 0 bridgehead atoms. The van der Waals surface area contributed by atoms with E-state index in [0.29, 0.717) is 18.1 Å². The second-order valence-electron chi connectivity index (χ2n) is 7.17. The normalized spacial score (nSPS) is 13.0. The van der Waals surface area contributed by atoms with E-state index < -0.39 is 5.54 Å². The number of rotatable bonds is 8. The molecule has 1 amide bonds. The van der Waals surface area contributed by atoms with Crippen LogP contribution in [0.1, 0.15) is 32.6 Å². The Morgan fingerprint density at radius 3 is 2.93 bits per heavy atom. The van der Waals surface area contributed by atoms with Gasteiger partial charge in [-0.1, -0.05) is 0 Å². The molecule has 3 rings (SSSR count). The van der Waals surface area contributed by atoms with Crippen molar-refractivity contribution in [2.75, 3.05) is 11.4 Å². The summed E-state index contributed by atoms with van der Waals surface area (Å²) in [5.41, 5.74) is 4.09. The topological polar surface area (TPSA) is 92.8 Å². The van der Waals surface area contributed by atoms with Crippen LogP contribution in [0.25, 0.3) is 11.0 Å². The van der Waals surface area contributed by atoms with Crippen LogP contribution in [0.3, 0.4) is 0 Å². The second-order valence-corrected chi connectivity index (χ2v) is 7.17. The fourth-order valence-electron chi connectivity index (χ4n) is 2.90. The molecule has 1 unspecified atom stereocenters. The fraction of sp³-hybridized carbons (Fsp3) is 0.368. The van der Waals surface area contributed by atoms with E-state index >= 15 is 0 Å². The molecule has 0 aliphatic carbocycles. The summed E-state index contributed by atoms with van der Waals surface area (Å²) in [7, 11) is 0. The molecule has 27 heavy (non-hydrogen) atoms. The van der Waals surface area contributed by atoms with Gasteiger partial charge in [0, 0.05) is 23.7 Å². The molecular formula is C19H24N4O4. The van der Waals surface area contributed by atoms with E-state index in [2.05, 4.69) is 10.5 Å². The summed E-state index contributed by atoms with van der Waals surface area (Å²) in [5.74, 6) is 0.642. The highest BCUT2D eigenvalue weighted by Crippen LogP contribution is 2.24. The average molecular weight is 372 g/mol. The number of hydroxylamine groups is 1. The lowest BCUT2D eigenvalue weighted by molar-refractivity contribution is -0.109. The van der Waals surface area contributed by atoms with Crippen LogP contribution in [-0.4, -0.2) is 33.2 Å². The monoisotopic (exact) mass is 372 g/mol. The van der Waals surface area contributed by atoms with Gasteiger partial charge in [0.1, 0.15) is 11.4 Å². The van der Waals surface area contributed by atoms with Crippen molar-refractivity contribution in [2.45, 2.75) is 39.5 Å². The highest BCUT2D eigenvalue weighted by atomic mass is 16.7. The molecule has 8 nitrogen and oxygen atoms in total. The first kappa shape index (κ1) is 18.9. The third-order valence-corrected chi connectivity index (χ3v) is 4.23. The molecule has 8 heteroatoms. The van der Waals surface area contributed by atoms with Crippen molar-refractivity contribution >= 4 is 23.3 Å². The molecule has 3 heterocycles. The minimum atomic E-state index is -0.539. The van der Waals surface area contributed by atoms with Gasteiger partial charge in [-0.2, -0.15) is 5.48 Å². The van der Waals surface area contributed by atoms with E-state index in [4.69, 9.17) is 9.25 Å². The van der Waals surface area contributed by atoms with Crippen LogP contribution in [0.2, 0.25) is 0 Å². The molecule has 0 saturated carbocycles. The standard InChI is InChI=1S/C19H24N4O4/c1-13-6-8-26-18(13)22(12-24)11-19(3,4)21-27-14(2)23-7-5-15-9-16(25)10-20-17(15)23/h5-10,12,14,21,25H,11H2,1-4H3. The highest BCUT2D eigenvalue weighted by molar-refractivity contribution is 5.77. The Labute approximate surface area is 157 Å². The van der Waals surface area contributed by atoms with Gasteiger partial charge in [-0.25, -0.2) is 4.98 Å². The largest absolute Gasteiger partial charge is 0.506 e. The maximum Gasteiger partial charge on any atom is 0.216 e. The average Bonchev–Trinajstić information content (AvgIpc) is 3.23. The molecule has 1 atom stereocenters.